The molecule has 0 saturated heterocycles. The molecule has 2 aromatic carbocycles. The molecule has 5 heteroatoms. The number of rotatable bonds is 7. The lowest BCUT2D eigenvalue weighted by Gasteiger charge is -2.17. The molecule has 0 aliphatic carbocycles. The number of hydrogen-bond donors (Lipinski definition) is 0. The van der Waals surface area contributed by atoms with Crippen LogP contribution < -0.4 is 0 Å². The number of aryl methyl sites for hydroxylation is 2. The van der Waals surface area contributed by atoms with Gasteiger partial charge in [0.2, 0.25) is 0 Å². The third-order valence-corrected chi connectivity index (χ3v) is 6.43. The lowest BCUT2D eigenvalue weighted by Crippen LogP contribution is -2.04. The second kappa shape index (κ2) is 8.34. The molecule has 0 radical (unpaired) electrons. The molecule has 2 heterocycles. The Labute approximate surface area is 161 Å². The maximum Gasteiger partial charge on any atom is 0.191 e. The standard InChI is InChI=1S/C21H19N3S2/c1-3-8-17(9-4-1)20(18-10-5-2-6-11-18)26-21-23-22-16-24(21)14-13-19-12-7-15-25-19/h1-12,15-16,20H,13-14H2. The van der Waals surface area contributed by atoms with Crippen molar-refractivity contribution in [1.29, 1.82) is 0 Å². The molecule has 0 spiro atoms. The lowest BCUT2D eigenvalue weighted by molar-refractivity contribution is 0.637. The molecular formula is C21H19N3S2. The van der Waals surface area contributed by atoms with Crippen LogP contribution in [0.3, 0.4) is 0 Å². The van der Waals surface area contributed by atoms with Crippen LogP contribution in [0.4, 0.5) is 0 Å². The smallest absolute Gasteiger partial charge is 0.191 e. The van der Waals surface area contributed by atoms with Crippen LogP contribution >= 0.6 is 23.1 Å². The van der Waals surface area contributed by atoms with E-state index in [1.165, 1.54) is 16.0 Å². The zero-order chi connectivity index (χ0) is 17.6. The van der Waals surface area contributed by atoms with Crippen molar-refractivity contribution < 1.29 is 0 Å². The lowest BCUT2D eigenvalue weighted by atomic mass is 10.0. The molecule has 26 heavy (non-hydrogen) atoms. The Morgan fingerprint density at radius 1 is 0.885 bits per heavy atom. The van der Waals surface area contributed by atoms with Gasteiger partial charge in [-0.15, -0.1) is 21.5 Å². The van der Waals surface area contributed by atoms with E-state index in [1.807, 2.05) is 6.33 Å². The van der Waals surface area contributed by atoms with Crippen molar-refractivity contribution in [3.8, 4) is 0 Å². The van der Waals surface area contributed by atoms with Gasteiger partial charge in [0.25, 0.3) is 0 Å². The van der Waals surface area contributed by atoms with E-state index in [0.717, 1.165) is 18.1 Å². The molecular weight excluding hydrogens is 358 g/mol. The van der Waals surface area contributed by atoms with Crippen LogP contribution in [0.25, 0.3) is 0 Å². The third-order valence-electron chi connectivity index (χ3n) is 4.19. The minimum atomic E-state index is 0.196. The summed E-state index contributed by atoms with van der Waals surface area (Å²) in [6.45, 7) is 0.895. The maximum atomic E-state index is 4.39. The average Bonchev–Trinajstić information content (AvgIpc) is 3.37. The van der Waals surface area contributed by atoms with Crippen molar-refractivity contribution in [3.63, 3.8) is 0 Å². The largest absolute Gasteiger partial charge is 0.308 e. The van der Waals surface area contributed by atoms with E-state index in [0.29, 0.717) is 0 Å². The Balaban J connectivity index is 1.58. The molecule has 3 nitrogen and oxygen atoms in total. The highest BCUT2D eigenvalue weighted by Crippen LogP contribution is 2.39. The first-order chi connectivity index (χ1) is 12.9. The topological polar surface area (TPSA) is 30.7 Å². The minimum Gasteiger partial charge on any atom is -0.308 e. The zero-order valence-electron chi connectivity index (χ0n) is 14.2. The molecule has 0 saturated carbocycles. The third kappa shape index (κ3) is 4.06. The first kappa shape index (κ1) is 17.1. The van der Waals surface area contributed by atoms with Gasteiger partial charge in [0.15, 0.2) is 5.16 Å². The number of thioether (sulfide) groups is 1. The van der Waals surface area contributed by atoms with E-state index in [4.69, 9.17) is 0 Å². The van der Waals surface area contributed by atoms with Crippen molar-refractivity contribution >= 4 is 23.1 Å². The summed E-state index contributed by atoms with van der Waals surface area (Å²) < 4.78 is 2.16. The second-order valence-corrected chi connectivity index (χ2v) is 8.06. The fourth-order valence-corrected chi connectivity index (χ4v) is 4.73. The summed E-state index contributed by atoms with van der Waals surface area (Å²) in [5.74, 6) is 0. The molecule has 130 valence electrons. The molecule has 2 aromatic heterocycles. The van der Waals surface area contributed by atoms with Crippen LogP contribution in [0.2, 0.25) is 0 Å². The van der Waals surface area contributed by atoms with Crippen LogP contribution in [0.1, 0.15) is 21.3 Å². The van der Waals surface area contributed by atoms with Crippen LogP contribution in [-0.4, -0.2) is 14.8 Å². The van der Waals surface area contributed by atoms with Gasteiger partial charge in [0.05, 0.1) is 5.25 Å². The Morgan fingerprint density at radius 3 is 2.19 bits per heavy atom. The van der Waals surface area contributed by atoms with Gasteiger partial charge in [0.1, 0.15) is 6.33 Å². The van der Waals surface area contributed by atoms with Crippen LogP contribution in [0.5, 0.6) is 0 Å². The Hall–Kier alpha value is -2.37. The Bertz CT molecular complexity index is 879. The molecule has 4 aromatic rings. The normalized spacial score (nSPS) is 11.1. The second-order valence-electron chi connectivity index (χ2n) is 5.96. The van der Waals surface area contributed by atoms with E-state index >= 15 is 0 Å². The molecule has 0 unspecified atom stereocenters. The van der Waals surface area contributed by atoms with Crippen molar-refractivity contribution in [2.45, 2.75) is 23.4 Å². The summed E-state index contributed by atoms with van der Waals surface area (Å²) in [5, 5.41) is 11.8. The highest BCUT2D eigenvalue weighted by Gasteiger charge is 2.18. The van der Waals surface area contributed by atoms with Gasteiger partial charge in [-0.05, 0) is 29.0 Å². The average molecular weight is 378 g/mol. The zero-order valence-corrected chi connectivity index (χ0v) is 15.9. The molecule has 0 bridgehead atoms. The molecule has 0 N–H and O–H groups in total. The van der Waals surface area contributed by atoms with Gasteiger partial charge in [-0.25, -0.2) is 0 Å². The molecule has 0 atom stereocenters. The molecule has 0 aliphatic rings. The van der Waals surface area contributed by atoms with Crippen molar-refractivity contribution in [2.75, 3.05) is 0 Å². The molecule has 0 aliphatic heterocycles. The van der Waals surface area contributed by atoms with Crippen molar-refractivity contribution in [1.82, 2.24) is 14.8 Å². The Morgan fingerprint density at radius 2 is 1.58 bits per heavy atom. The van der Waals surface area contributed by atoms with Gasteiger partial charge in [-0.1, -0.05) is 78.5 Å². The number of aromatic nitrogens is 3. The van der Waals surface area contributed by atoms with Gasteiger partial charge < -0.3 is 4.57 Å². The first-order valence-electron chi connectivity index (χ1n) is 8.57. The van der Waals surface area contributed by atoms with E-state index in [1.54, 1.807) is 23.1 Å². The van der Waals surface area contributed by atoms with Gasteiger partial charge in [0, 0.05) is 11.4 Å². The fraction of sp³-hybridized carbons (Fsp3) is 0.143. The summed E-state index contributed by atoms with van der Waals surface area (Å²) >= 11 is 3.56. The maximum absolute atomic E-state index is 4.39. The SMILES string of the molecule is c1ccc(C(Sc2nncn2CCc2cccs2)c2ccccc2)cc1. The predicted octanol–water partition coefficient (Wildman–Crippen LogP) is 5.46. The summed E-state index contributed by atoms with van der Waals surface area (Å²) in [7, 11) is 0. The van der Waals surface area contributed by atoms with Gasteiger partial charge in [-0.3, -0.25) is 0 Å². The summed E-state index contributed by atoms with van der Waals surface area (Å²) in [5.41, 5.74) is 2.55. The summed E-state index contributed by atoms with van der Waals surface area (Å²) in [6.07, 6.45) is 2.84. The van der Waals surface area contributed by atoms with Crippen LogP contribution in [0, 0.1) is 0 Å². The highest BCUT2D eigenvalue weighted by molar-refractivity contribution is 7.99. The van der Waals surface area contributed by atoms with Crippen molar-refractivity contribution in [3.05, 3.63) is 101 Å². The summed E-state index contributed by atoms with van der Waals surface area (Å²) in [4.78, 5) is 1.39. The highest BCUT2D eigenvalue weighted by atomic mass is 32.2. The minimum absolute atomic E-state index is 0.196. The van der Waals surface area contributed by atoms with E-state index in [-0.39, 0.29) is 5.25 Å². The number of nitrogens with zero attached hydrogens (tertiary/aromatic N) is 3. The molecule has 0 amide bonds. The van der Waals surface area contributed by atoms with Crippen LogP contribution in [0.15, 0.2) is 89.7 Å². The predicted molar refractivity (Wildman–Crippen MR) is 109 cm³/mol. The number of thiophene rings is 1. The first-order valence-corrected chi connectivity index (χ1v) is 10.3. The van der Waals surface area contributed by atoms with Crippen LogP contribution in [-0.2, 0) is 13.0 Å². The van der Waals surface area contributed by atoms with Gasteiger partial charge in [-0.2, -0.15) is 0 Å². The van der Waals surface area contributed by atoms with E-state index in [2.05, 4.69) is 92.9 Å². The fourth-order valence-electron chi connectivity index (χ4n) is 2.86. The molecule has 0 fully saturated rings. The number of benzene rings is 2. The van der Waals surface area contributed by atoms with Gasteiger partial charge >= 0.3 is 0 Å². The van der Waals surface area contributed by atoms with E-state index in [9.17, 15) is 0 Å². The molecule has 4 rings (SSSR count). The quantitative estimate of drug-likeness (QED) is 0.400. The monoisotopic (exact) mass is 377 g/mol. The summed E-state index contributed by atoms with van der Waals surface area (Å²) in [6, 6.07) is 25.5. The Kier molecular flexibility index (Phi) is 5.47. The van der Waals surface area contributed by atoms with Crippen molar-refractivity contribution in [2.24, 2.45) is 0 Å². The number of hydrogen-bond acceptors (Lipinski definition) is 4. The van der Waals surface area contributed by atoms with E-state index < -0.39 is 0 Å².